The average Bonchev–Trinajstić information content (AvgIpc) is 2.28. The van der Waals surface area contributed by atoms with Crippen LogP contribution in [0, 0.1) is 0 Å². The van der Waals surface area contributed by atoms with Gasteiger partial charge in [0.1, 0.15) is 0 Å². The fourth-order valence-corrected chi connectivity index (χ4v) is 4.58. The van der Waals surface area contributed by atoms with Gasteiger partial charge in [-0.1, -0.05) is 19.1 Å². The van der Waals surface area contributed by atoms with Crippen LogP contribution in [-0.4, -0.2) is 34.7 Å². The second-order valence-electron chi connectivity index (χ2n) is 4.63. The zero-order valence-corrected chi connectivity index (χ0v) is 13.2. The molecule has 0 atom stereocenters. The van der Waals surface area contributed by atoms with Crippen molar-refractivity contribution in [3.63, 3.8) is 0 Å². The summed E-state index contributed by atoms with van der Waals surface area (Å²) in [6.07, 6.45) is 1.93. The van der Waals surface area contributed by atoms with Gasteiger partial charge in [-0.3, -0.25) is 4.72 Å². The number of sulfone groups is 1. The number of sulfonamides is 1. The molecule has 0 saturated carbocycles. The standard InChI is InChI=1S/C12H20N2O4S2/c1-3-8-13-9-11-4-6-12(7-5-11)14-20(17,18)10-19(2,15)16/h4-7,13-14H,3,8-10H2,1-2H3. The highest BCUT2D eigenvalue weighted by Gasteiger charge is 2.17. The summed E-state index contributed by atoms with van der Waals surface area (Å²) in [4.78, 5) is 0. The topological polar surface area (TPSA) is 92.3 Å². The fraction of sp³-hybridized carbons (Fsp3) is 0.500. The Balaban J connectivity index is 2.65. The summed E-state index contributed by atoms with van der Waals surface area (Å²) in [5, 5.41) is 2.32. The van der Waals surface area contributed by atoms with Gasteiger partial charge in [-0.2, -0.15) is 0 Å². The summed E-state index contributed by atoms with van der Waals surface area (Å²) in [6.45, 7) is 3.71. The van der Waals surface area contributed by atoms with Crippen molar-refractivity contribution < 1.29 is 16.8 Å². The first-order valence-corrected chi connectivity index (χ1v) is 9.91. The molecule has 0 aliphatic heterocycles. The van der Waals surface area contributed by atoms with Gasteiger partial charge in [-0.25, -0.2) is 16.8 Å². The van der Waals surface area contributed by atoms with Gasteiger partial charge in [0.05, 0.1) is 0 Å². The maximum absolute atomic E-state index is 11.6. The van der Waals surface area contributed by atoms with Crippen molar-refractivity contribution in [1.29, 1.82) is 0 Å². The molecule has 0 fully saturated rings. The van der Waals surface area contributed by atoms with Gasteiger partial charge in [0.15, 0.2) is 14.9 Å². The van der Waals surface area contributed by atoms with E-state index in [9.17, 15) is 16.8 Å². The van der Waals surface area contributed by atoms with Crippen LogP contribution in [-0.2, 0) is 26.4 Å². The molecule has 0 heterocycles. The van der Waals surface area contributed by atoms with Gasteiger partial charge in [0, 0.05) is 18.5 Å². The zero-order valence-electron chi connectivity index (χ0n) is 11.6. The molecule has 2 N–H and O–H groups in total. The molecular formula is C12H20N2O4S2. The molecule has 0 aromatic heterocycles. The molecule has 0 unspecified atom stereocenters. The van der Waals surface area contributed by atoms with Gasteiger partial charge >= 0.3 is 0 Å². The Kier molecular flexibility index (Phi) is 5.97. The predicted octanol–water partition coefficient (Wildman–Crippen LogP) is 0.930. The second-order valence-corrected chi connectivity index (χ2v) is 8.86. The van der Waals surface area contributed by atoms with Crippen LogP contribution in [0.2, 0.25) is 0 Å². The van der Waals surface area contributed by atoms with Gasteiger partial charge < -0.3 is 5.32 Å². The molecule has 114 valence electrons. The van der Waals surface area contributed by atoms with Gasteiger partial charge in [-0.05, 0) is 30.7 Å². The number of anilines is 1. The van der Waals surface area contributed by atoms with Crippen LogP contribution in [0.25, 0.3) is 0 Å². The van der Waals surface area contributed by atoms with Crippen molar-refractivity contribution >= 4 is 25.5 Å². The summed E-state index contributed by atoms with van der Waals surface area (Å²) >= 11 is 0. The maximum atomic E-state index is 11.6. The average molecular weight is 320 g/mol. The summed E-state index contributed by atoms with van der Waals surface area (Å²) in [7, 11) is -7.47. The van der Waals surface area contributed by atoms with Crippen molar-refractivity contribution in [2.24, 2.45) is 0 Å². The molecule has 0 aliphatic carbocycles. The Morgan fingerprint density at radius 1 is 1.05 bits per heavy atom. The quantitative estimate of drug-likeness (QED) is 0.695. The molecule has 0 saturated heterocycles. The molecule has 0 radical (unpaired) electrons. The van der Waals surface area contributed by atoms with Crippen molar-refractivity contribution in [3.05, 3.63) is 29.8 Å². The van der Waals surface area contributed by atoms with E-state index < -0.39 is 24.9 Å². The molecule has 0 bridgehead atoms. The molecule has 6 nitrogen and oxygen atoms in total. The highest BCUT2D eigenvalue weighted by Crippen LogP contribution is 2.12. The molecule has 8 heteroatoms. The van der Waals surface area contributed by atoms with E-state index in [1.54, 1.807) is 24.3 Å². The largest absolute Gasteiger partial charge is 0.313 e. The number of hydrogen-bond donors (Lipinski definition) is 2. The van der Waals surface area contributed by atoms with E-state index in [2.05, 4.69) is 17.0 Å². The van der Waals surface area contributed by atoms with E-state index >= 15 is 0 Å². The lowest BCUT2D eigenvalue weighted by Crippen LogP contribution is -2.22. The Labute approximate surface area is 120 Å². The summed E-state index contributed by atoms with van der Waals surface area (Å²) in [5.41, 5.74) is 1.39. The molecule has 0 amide bonds. The second kappa shape index (κ2) is 7.05. The van der Waals surface area contributed by atoms with Crippen LogP contribution in [0.4, 0.5) is 5.69 Å². The van der Waals surface area contributed by atoms with E-state index in [0.717, 1.165) is 24.8 Å². The van der Waals surface area contributed by atoms with E-state index in [0.29, 0.717) is 12.2 Å². The first-order valence-electron chi connectivity index (χ1n) is 6.20. The third-order valence-electron chi connectivity index (χ3n) is 2.35. The Bertz CT molecular complexity index is 622. The van der Waals surface area contributed by atoms with Gasteiger partial charge in [-0.15, -0.1) is 0 Å². The zero-order chi connectivity index (χ0) is 15.2. The smallest absolute Gasteiger partial charge is 0.247 e. The lowest BCUT2D eigenvalue weighted by atomic mass is 10.2. The summed E-state index contributed by atoms with van der Waals surface area (Å²) in [5.74, 6) is 0. The number of rotatable bonds is 8. The number of nitrogens with one attached hydrogen (secondary N) is 2. The van der Waals surface area contributed by atoms with Crippen LogP contribution in [0.1, 0.15) is 18.9 Å². The van der Waals surface area contributed by atoms with Crippen molar-refractivity contribution in [1.82, 2.24) is 5.32 Å². The van der Waals surface area contributed by atoms with E-state index in [-0.39, 0.29) is 0 Å². The SMILES string of the molecule is CCCNCc1ccc(NS(=O)(=O)CS(C)(=O)=O)cc1. The lowest BCUT2D eigenvalue weighted by molar-refractivity contribution is 0.595. The van der Waals surface area contributed by atoms with Crippen molar-refractivity contribution in [3.8, 4) is 0 Å². The van der Waals surface area contributed by atoms with Gasteiger partial charge in [0.2, 0.25) is 10.0 Å². The van der Waals surface area contributed by atoms with Gasteiger partial charge in [0.25, 0.3) is 0 Å². The molecular weight excluding hydrogens is 300 g/mol. The first kappa shape index (κ1) is 16.9. The van der Waals surface area contributed by atoms with E-state index in [4.69, 9.17) is 0 Å². The minimum atomic E-state index is -3.88. The molecule has 1 aromatic carbocycles. The predicted molar refractivity (Wildman–Crippen MR) is 80.7 cm³/mol. The van der Waals surface area contributed by atoms with Crippen LogP contribution in [0.3, 0.4) is 0 Å². The number of benzene rings is 1. The molecule has 1 rings (SSSR count). The monoisotopic (exact) mass is 320 g/mol. The first-order chi connectivity index (χ1) is 9.22. The molecule has 0 spiro atoms. The minimum absolute atomic E-state index is 0.355. The van der Waals surface area contributed by atoms with Crippen LogP contribution in [0.15, 0.2) is 24.3 Å². The maximum Gasteiger partial charge on any atom is 0.247 e. The highest BCUT2D eigenvalue weighted by molar-refractivity contribution is 8.08. The van der Waals surface area contributed by atoms with Crippen LogP contribution in [0.5, 0.6) is 0 Å². The fourth-order valence-electron chi connectivity index (χ4n) is 1.59. The van der Waals surface area contributed by atoms with Crippen LogP contribution < -0.4 is 10.0 Å². The lowest BCUT2D eigenvalue weighted by Gasteiger charge is -2.08. The normalized spacial score (nSPS) is 12.3. The van der Waals surface area contributed by atoms with Crippen molar-refractivity contribution in [2.75, 3.05) is 22.6 Å². The summed E-state index contributed by atoms with van der Waals surface area (Å²) < 4.78 is 47.5. The third-order valence-corrected chi connectivity index (χ3v) is 5.85. The minimum Gasteiger partial charge on any atom is -0.313 e. The molecule has 0 aliphatic rings. The molecule has 20 heavy (non-hydrogen) atoms. The highest BCUT2D eigenvalue weighted by atomic mass is 32.3. The third kappa shape index (κ3) is 6.88. The summed E-state index contributed by atoms with van der Waals surface area (Å²) in [6, 6.07) is 6.81. The molecule has 1 aromatic rings. The van der Waals surface area contributed by atoms with Crippen LogP contribution >= 0.6 is 0 Å². The van der Waals surface area contributed by atoms with E-state index in [1.807, 2.05) is 0 Å². The van der Waals surface area contributed by atoms with Crippen molar-refractivity contribution in [2.45, 2.75) is 19.9 Å². The van der Waals surface area contributed by atoms with E-state index in [1.165, 1.54) is 0 Å². The Morgan fingerprint density at radius 3 is 2.15 bits per heavy atom. The Morgan fingerprint density at radius 2 is 1.65 bits per heavy atom. The number of hydrogen-bond acceptors (Lipinski definition) is 5. The Hall–Kier alpha value is -1.12.